The average Bonchev–Trinajstić information content (AvgIpc) is 3.01. The van der Waals surface area contributed by atoms with Crippen molar-refractivity contribution in [1.82, 2.24) is 4.90 Å². The lowest BCUT2D eigenvalue weighted by molar-refractivity contribution is -0.121. The van der Waals surface area contributed by atoms with Crippen LogP contribution in [0.1, 0.15) is 48.6 Å². The number of hydrogen-bond donors (Lipinski definition) is 0. The van der Waals surface area contributed by atoms with Crippen molar-refractivity contribution in [2.45, 2.75) is 20.3 Å². The molecule has 0 atom stereocenters. The van der Waals surface area contributed by atoms with Crippen LogP contribution in [-0.4, -0.2) is 48.3 Å². The number of fused-ring (bicyclic) bond motifs is 1. The molecule has 2 aromatic rings. The van der Waals surface area contributed by atoms with Gasteiger partial charge in [-0.2, -0.15) is 5.26 Å². The summed E-state index contributed by atoms with van der Waals surface area (Å²) in [6.07, 6.45) is 1.56. The van der Waals surface area contributed by atoms with Gasteiger partial charge < -0.3 is 9.64 Å². The van der Waals surface area contributed by atoms with E-state index >= 15 is 0 Å². The molecule has 0 radical (unpaired) electrons. The van der Waals surface area contributed by atoms with Gasteiger partial charge in [-0.15, -0.1) is 6.58 Å². The molecule has 1 aliphatic rings. The van der Waals surface area contributed by atoms with Gasteiger partial charge in [0.15, 0.2) is 6.61 Å². The summed E-state index contributed by atoms with van der Waals surface area (Å²) >= 11 is 0. The predicted octanol–water partition coefficient (Wildman–Crippen LogP) is 3.19. The number of amides is 3. The molecule has 0 saturated heterocycles. The lowest BCUT2D eigenvalue weighted by atomic mass is 10.1. The Hall–Kier alpha value is -4.25. The van der Waals surface area contributed by atoms with Crippen molar-refractivity contribution < 1.29 is 23.9 Å². The fraction of sp³-hybridized carbons (Fsp3) is 0.240. The zero-order chi connectivity index (χ0) is 24.1. The lowest BCUT2D eigenvalue weighted by Crippen LogP contribution is -2.35. The van der Waals surface area contributed by atoms with E-state index < -0.39 is 30.3 Å². The monoisotopic (exact) mass is 445 g/mol. The first-order chi connectivity index (χ1) is 15.8. The molecule has 0 unspecified atom stereocenters. The molecule has 0 aromatic heterocycles. The molecule has 3 amide bonds. The maximum absolute atomic E-state index is 12.8. The fourth-order valence-electron chi connectivity index (χ4n) is 3.67. The van der Waals surface area contributed by atoms with E-state index in [4.69, 9.17) is 10.00 Å². The van der Waals surface area contributed by atoms with E-state index in [-0.39, 0.29) is 36.2 Å². The Kier molecular flexibility index (Phi) is 7.04. The molecule has 1 heterocycles. The van der Waals surface area contributed by atoms with Gasteiger partial charge >= 0.3 is 5.97 Å². The Balaban J connectivity index is 1.74. The first-order valence-corrected chi connectivity index (χ1v) is 10.3. The van der Waals surface area contributed by atoms with Gasteiger partial charge in [0.1, 0.15) is 0 Å². The van der Waals surface area contributed by atoms with Crippen LogP contribution in [0.2, 0.25) is 0 Å². The second kappa shape index (κ2) is 9.92. The second-order valence-electron chi connectivity index (χ2n) is 7.65. The third kappa shape index (κ3) is 4.99. The minimum absolute atomic E-state index is 0.0538. The number of imide groups is 1. The van der Waals surface area contributed by atoms with E-state index in [0.29, 0.717) is 5.69 Å². The number of ether oxygens (including phenoxy) is 1. The average molecular weight is 445 g/mol. The molecule has 168 valence electrons. The molecule has 0 N–H and O–H groups in total. The van der Waals surface area contributed by atoms with Crippen LogP contribution in [0.4, 0.5) is 5.69 Å². The molecular weight excluding hydrogens is 422 g/mol. The Labute approximate surface area is 191 Å². The first-order valence-electron chi connectivity index (χ1n) is 10.3. The van der Waals surface area contributed by atoms with Crippen LogP contribution in [-0.2, 0) is 9.53 Å². The second-order valence-corrected chi connectivity index (χ2v) is 7.65. The predicted molar refractivity (Wildman–Crippen MR) is 121 cm³/mol. The summed E-state index contributed by atoms with van der Waals surface area (Å²) in [4.78, 5) is 52.6. The topological polar surface area (TPSA) is 108 Å². The smallest absolute Gasteiger partial charge is 0.338 e. The summed E-state index contributed by atoms with van der Waals surface area (Å²) in [5, 5.41) is 8.96. The largest absolute Gasteiger partial charge is 0.452 e. The Morgan fingerprint density at radius 3 is 2.39 bits per heavy atom. The molecule has 0 aliphatic carbocycles. The summed E-state index contributed by atoms with van der Waals surface area (Å²) < 4.78 is 5.19. The SMILES string of the molecule is C=CCN1C(=O)c2ccc(C(=O)OCC(=O)N(CCC#N)c3cc(C)cc(C)c3)cc2C1=O. The highest BCUT2D eigenvalue weighted by atomic mass is 16.5. The molecule has 33 heavy (non-hydrogen) atoms. The van der Waals surface area contributed by atoms with Gasteiger partial charge in [0.2, 0.25) is 0 Å². The van der Waals surface area contributed by atoms with E-state index in [1.165, 1.54) is 29.2 Å². The maximum Gasteiger partial charge on any atom is 0.338 e. The minimum Gasteiger partial charge on any atom is -0.452 e. The van der Waals surface area contributed by atoms with Gasteiger partial charge in [-0.25, -0.2) is 4.79 Å². The van der Waals surface area contributed by atoms with Crippen LogP contribution in [0.25, 0.3) is 0 Å². The molecule has 2 aromatic carbocycles. The van der Waals surface area contributed by atoms with Gasteiger partial charge in [0.25, 0.3) is 17.7 Å². The third-order valence-corrected chi connectivity index (χ3v) is 5.11. The Morgan fingerprint density at radius 2 is 1.76 bits per heavy atom. The molecule has 0 fully saturated rings. The summed E-state index contributed by atoms with van der Waals surface area (Å²) in [6.45, 7) is 7.02. The van der Waals surface area contributed by atoms with Gasteiger partial charge in [-0.05, 0) is 55.3 Å². The zero-order valence-corrected chi connectivity index (χ0v) is 18.5. The lowest BCUT2D eigenvalue weighted by Gasteiger charge is -2.22. The van der Waals surface area contributed by atoms with Crippen molar-refractivity contribution in [3.63, 3.8) is 0 Å². The van der Waals surface area contributed by atoms with Crippen LogP contribution in [0, 0.1) is 25.2 Å². The number of carbonyl (C=O) groups excluding carboxylic acids is 4. The quantitative estimate of drug-likeness (QED) is 0.351. The molecule has 1 aliphatic heterocycles. The molecule has 0 spiro atoms. The molecule has 0 bridgehead atoms. The molecule has 0 saturated carbocycles. The van der Waals surface area contributed by atoms with Gasteiger partial charge in [-0.1, -0.05) is 12.1 Å². The zero-order valence-electron chi connectivity index (χ0n) is 18.5. The summed E-state index contributed by atoms with van der Waals surface area (Å²) in [5.74, 6) is -2.24. The normalized spacial score (nSPS) is 12.2. The van der Waals surface area contributed by atoms with Crippen LogP contribution < -0.4 is 4.90 Å². The highest BCUT2D eigenvalue weighted by Crippen LogP contribution is 2.24. The fourth-order valence-corrected chi connectivity index (χ4v) is 3.67. The van der Waals surface area contributed by atoms with Crippen molar-refractivity contribution in [3.8, 4) is 6.07 Å². The van der Waals surface area contributed by atoms with Crippen molar-refractivity contribution in [3.05, 3.63) is 76.9 Å². The maximum atomic E-state index is 12.8. The first kappa shape index (κ1) is 23.4. The van der Waals surface area contributed by atoms with E-state index in [1.807, 2.05) is 38.1 Å². The standard InChI is InChI=1S/C25H23N3O5/c1-4-9-28-23(30)20-7-6-18(14-21(20)24(28)31)25(32)33-15-22(29)27(10-5-8-26)19-12-16(2)11-17(3)13-19/h4,6-7,11-14H,1,5,9-10,15H2,2-3H3. The van der Waals surface area contributed by atoms with Crippen molar-refractivity contribution in [2.75, 3.05) is 24.6 Å². The highest BCUT2D eigenvalue weighted by Gasteiger charge is 2.35. The number of hydrogen-bond acceptors (Lipinski definition) is 6. The Morgan fingerprint density at radius 1 is 1.09 bits per heavy atom. The van der Waals surface area contributed by atoms with Crippen molar-refractivity contribution >= 4 is 29.4 Å². The Bertz CT molecular complexity index is 1170. The van der Waals surface area contributed by atoms with Gasteiger partial charge in [-0.3, -0.25) is 19.3 Å². The number of esters is 1. The number of rotatable bonds is 8. The molecule has 3 rings (SSSR count). The number of aryl methyl sites for hydroxylation is 2. The van der Waals surface area contributed by atoms with Crippen LogP contribution in [0.3, 0.4) is 0 Å². The van der Waals surface area contributed by atoms with Gasteiger partial charge in [0.05, 0.1) is 29.2 Å². The summed E-state index contributed by atoms with van der Waals surface area (Å²) in [6, 6.07) is 11.7. The number of anilines is 1. The van der Waals surface area contributed by atoms with Gasteiger partial charge in [0, 0.05) is 18.8 Å². The molecule has 8 nitrogen and oxygen atoms in total. The van der Waals surface area contributed by atoms with E-state index in [1.54, 1.807) is 0 Å². The van der Waals surface area contributed by atoms with E-state index in [9.17, 15) is 19.2 Å². The van der Waals surface area contributed by atoms with Crippen molar-refractivity contribution in [1.29, 1.82) is 5.26 Å². The molecule has 8 heteroatoms. The highest BCUT2D eigenvalue weighted by molar-refractivity contribution is 6.22. The van der Waals surface area contributed by atoms with Crippen molar-refractivity contribution in [2.24, 2.45) is 0 Å². The number of nitrogens with zero attached hydrogens (tertiary/aromatic N) is 3. The van der Waals surface area contributed by atoms with Crippen LogP contribution in [0.15, 0.2) is 49.1 Å². The molecular formula is C25H23N3O5. The number of carbonyl (C=O) groups is 4. The number of benzene rings is 2. The van der Waals surface area contributed by atoms with Crippen LogP contribution in [0.5, 0.6) is 0 Å². The van der Waals surface area contributed by atoms with E-state index in [0.717, 1.165) is 16.0 Å². The number of nitriles is 1. The summed E-state index contributed by atoms with van der Waals surface area (Å²) in [5.41, 5.74) is 2.89. The van der Waals surface area contributed by atoms with Crippen LogP contribution >= 0.6 is 0 Å². The summed E-state index contributed by atoms with van der Waals surface area (Å²) in [7, 11) is 0. The minimum atomic E-state index is -0.797. The third-order valence-electron chi connectivity index (χ3n) is 5.11. The van der Waals surface area contributed by atoms with E-state index in [2.05, 4.69) is 6.58 Å².